The number of nitrogens with zero attached hydrogens (tertiary/aromatic N) is 2. The Bertz CT molecular complexity index is 575. The van der Waals surface area contributed by atoms with Crippen molar-refractivity contribution in [3.05, 3.63) is 29.8 Å². The lowest BCUT2D eigenvalue weighted by Crippen LogP contribution is -2.38. The fourth-order valence-electron chi connectivity index (χ4n) is 3.21. The summed E-state index contributed by atoms with van der Waals surface area (Å²) in [7, 11) is 1.70. The number of nitrogens with one attached hydrogen (secondary N) is 2. The van der Waals surface area contributed by atoms with E-state index >= 15 is 0 Å². The van der Waals surface area contributed by atoms with Gasteiger partial charge >= 0.3 is 6.61 Å². The molecule has 1 aliphatic rings. The fourth-order valence-corrected chi connectivity index (χ4v) is 3.21. The second-order valence-electron chi connectivity index (χ2n) is 7.07. The van der Waals surface area contributed by atoms with Gasteiger partial charge in [0.15, 0.2) is 5.96 Å². The van der Waals surface area contributed by atoms with Crippen molar-refractivity contribution in [1.82, 2.24) is 15.5 Å². The molecule has 0 atom stereocenters. The molecule has 1 aromatic rings. The van der Waals surface area contributed by atoms with E-state index in [1.165, 1.54) is 25.9 Å². The number of rotatable bonds is 9. The largest absolute Gasteiger partial charge is 0.434 e. The topological polar surface area (TPSA) is 48.9 Å². The Kier molecular flexibility index (Phi) is 9.31. The minimum atomic E-state index is -2.83. The third-order valence-electron chi connectivity index (χ3n) is 4.93. The summed E-state index contributed by atoms with van der Waals surface area (Å²) in [6.07, 6.45) is 4.85. The van der Waals surface area contributed by atoms with Crippen molar-refractivity contribution in [2.24, 2.45) is 10.9 Å². The number of likely N-dealkylation sites (tertiary alicyclic amines) is 1. The van der Waals surface area contributed by atoms with Gasteiger partial charge in [-0.05, 0) is 57.3 Å². The molecule has 0 saturated carbocycles. The summed E-state index contributed by atoms with van der Waals surface area (Å²) in [6, 6.07) is 6.78. The van der Waals surface area contributed by atoms with E-state index in [-0.39, 0.29) is 5.75 Å². The third kappa shape index (κ3) is 8.12. The highest BCUT2D eigenvalue weighted by atomic mass is 19.3. The molecular weight excluding hydrogens is 350 g/mol. The van der Waals surface area contributed by atoms with Crippen LogP contribution in [0.2, 0.25) is 0 Å². The molecule has 27 heavy (non-hydrogen) atoms. The Morgan fingerprint density at radius 2 is 1.96 bits per heavy atom. The predicted molar refractivity (Wildman–Crippen MR) is 105 cm³/mol. The van der Waals surface area contributed by atoms with E-state index in [2.05, 4.69) is 32.2 Å². The molecule has 1 aromatic carbocycles. The lowest BCUT2D eigenvalue weighted by Gasteiger charge is -2.30. The van der Waals surface area contributed by atoms with E-state index in [9.17, 15) is 8.78 Å². The molecule has 0 bridgehead atoms. The van der Waals surface area contributed by atoms with E-state index in [0.29, 0.717) is 18.1 Å². The Hall–Kier alpha value is -1.89. The predicted octanol–water partition coefficient (Wildman–Crippen LogP) is 3.47. The van der Waals surface area contributed by atoms with Crippen LogP contribution in [0.15, 0.2) is 29.3 Å². The molecule has 0 aliphatic carbocycles. The minimum absolute atomic E-state index is 0.186. The smallest absolute Gasteiger partial charge is 0.387 e. The van der Waals surface area contributed by atoms with E-state index in [4.69, 9.17) is 0 Å². The number of halogens is 2. The van der Waals surface area contributed by atoms with Gasteiger partial charge in [-0.25, -0.2) is 0 Å². The fraction of sp³-hybridized carbons (Fsp3) is 0.650. The molecule has 0 radical (unpaired) electrons. The number of unbranched alkanes of at least 4 members (excludes halogenated alkanes) is 1. The summed E-state index contributed by atoms with van der Waals surface area (Å²) in [6.45, 7) is 4.30. The van der Waals surface area contributed by atoms with Crippen LogP contribution in [0.4, 0.5) is 8.78 Å². The first kappa shape index (κ1) is 21.4. The second-order valence-corrected chi connectivity index (χ2v) is 7.07. The summed E-state index contributed by atoms with van der Waals surface area (Å²) >= 11 is 0. The van der Waals surface area contributed by atoms with Crippen LogP contribution in [-0.2, 0) is 6.54 Å². The van der Waals surface area contributed by atoms with Gasteiger partial charge in [0.05, 0.1) is 0 Å². The van der Waals surface area contributed by atoms with Gasteiger partial charge in [0.1, 0.15) is 5.75 Å². The van der Waals surface area contributed by atoms with Crippen molar-refractivity contribution in [2.75, 3.05) is 33.2 Å². The van der Waals surface area contributed by atoms with Gasteiger partial charge < -0.3 is 20.3 Å². The van der Waals surface area contributed by atoms with Crippen LogP contribution >= 0.6 is 0 Å². The summed E-state index contributed by atoms with van der Waals surface area (Å²) < 4.78 is 29.5. The van der Waals surface area contributed by atoms with Gasteiger partial charge in [0, 0.05) is 25.7 Å². The maximum Gasteiger partial charge on any atom is 0.387 e. The number of para-hydroxylation sites is 1. The Morgan fingerprint density at radius 1 is 1.22 bits per heavy atom. The average Bonchev–Trinajstić information content (AvgIpc) is 2.66. The average molecular weight is 382 g/mol. The number of hydrogen-bond donors (Lipinski definition) is 2. The summed E-state index contributed by atoms with van der Waals surface area (Å²) in [5, 5.41) is 6.42. The number of hydrogen-bond acceptors (Lipinski definition) is 3. The Labute approximate surface area is 161 Å². The van der Waals surface area contributed by atoms with E-state index in [1.807, 2.05) is 0 Å². The van der Waals surface area contributed by atoms with Gasteiger partial charge in [0.25, 0.3) is 0 Å². The van der Waals surface area contributed by atoms with Crippen LogP contribution in [-0.4, -0.2) is 50.7 Å². The SMILES string of the molecule is CN=C(NCCCCN1CCC(C)CC1)NCc1ccccc1OC(F)F. The molecule has 1 heterocycles. The zero-order valence-corrected chi connectivity index (χ0v) is 16.4. The molecule has 0 aromatic heterocycles. The molecule has 0 unspecified atom stereocenters. The monoisotopic (exact) mass is 382 g/mol. The van der Waals surface area contributed by atoms with Gasteiger partial charge in [-0.1, -0.05) is 25.1 Å². The van der Waals surface area contributed by atoms with Crippen LogP contribution in [0.5, 0.6) is 5.75 Å². The van der Waals surface area contributed by atoms with Crippen LogP contribution in [0.25, 0.3) is 0 Å². The van der Waals surface area contributed by atoms with E-state index in [0.717, 1.165) is 31.8 Å². The molecule has 2 rings (SSSR count). The van der Waals surface area contributed by atoms with Crippen LogP contribution < -0.4 is 15.4 Å². The molecule has 2 N–H and O–H groups in total. The van der Waals surface area contributed by atoms with Crippen molar-refractivity contribution < 1.29 is 13.5 Å². The highest BCUT2D eigenvalue weighted by Gasteiger charge is 2.14. The number of aliphatic imine (C=N–C) groups is 1. The van der Waals surface area contributed by atoms with Crippen molar-refractivity contribution >= 4 is 5.96 Å². The second kappa shape index (κ2) is 11.7. The first-order valence-electron chi connectivity index (χ1n) is 9.78. The summed E-state index contributed by atoms with van der Waals surface area (Å²) in [5.41, 5.74) is 0.667. The highest BCUT2D eigenvalue weighted by Crippen LogP contribution is 2.20. The highest BCUT2D eigenvalue weighted by molar-refractivity contribution is 5.79. The molecule has 152 valence electrons. The molecule has 1 saturated heterocycles. The number of alkyl halides is 2. The standard InChI is InChI=1S/C20H32F2N4O/c1-16-9-13-26(14-10-16)12-6-5-11-24-20(23-2)25-15-17-7-3-4-8-18(17)27-19(21)22/h3-4,7-8,16,19H,5-6,9-15H2,1-2H3,(H2,23,24,25). The Balaban J connectivity index is 1.65. The lowest BCUT2D eigenvalue weighted by atomic mass is 9.99. The zero-order valence-electron chi connectivity index (χ0n) is 16.4. The number of guanidine groups is 1. The van der Waals surface area contributed by atoms with Crippen LogP contribution in [0.3, 0.4) is 0 Å². The zero-order chi connectivity index (χ0) is 19.5. The maximum atomic E-state index is 12.5. The number of piperidine rings is 1. The van der Waals surface area contributed by atoms with Crippen molar-refractivity contribution in [3.8, 4) is 5.75 Å². The lowest BCUT2D eigenvalue weighted by molar-refractivity contribution is -0.0504. The molecule has 5 nitrogen and oxygen atoms in total. The van der Waals surface area contributed by atoms with Crippen molar-refractivity contribution in [3.63, 3.8) is 0 Å². The molecule has 7 heteroatoms. The van der Waals surface area contributed by atoms with Crippen LogP contribution in [0.1, 0.15) is 38.2 Å². The maximum absolute atomic E-state index is 12.5. The normalized spacial score (nSPS) is 16.6. The van der Waals surface area contributed by atoms with Gasteiger partial charge in [0.2, 0.25) is 0 Å². The van der Waals surface area contributed by atoms with Crippen LogP contribution in [0, 0.1) is 5.92 Å². The van der Waals surface area contributed by atoms with Gasteiger partial charge in [-0.3, -0.25) is 4.99 Å². The molecule has 1 aliphatic heterocycles. The first-order chi connectivity index (χ1) is 13.1. The molecule has 1 fully saturated rings. The quantitative estimate of drug-likeness (QED) is 0.390. The van der Waals surface area contributed by atoms with Gasteiger partial charge in [-0.2, -0.15) is 8.78 Å². The summed E-state index contributed by atoms with van der Waals surface area (Å²) in [5.74, 6) is 1.72. The third-order valence-corrected chi connectivity index (χ3v) is 4.93. The van der Waals surface area contributed by atoms with Crippen molar-refractivity contribution in [1.29, 1.82) is 0 Å². The van der Waals surface area contributed by atoms with E-state index in [1.54, 1.807) is 31.3 Å². The Morgan fingerprint density at radius 3 is 2.67 bits per heavy atom. The molecular formula is C20H32F2N4O. The minimum Gasteiger partial charge on any atom is -0.434 e. The first-order valence-corrected chi connectivity index (χ1v) is 9.78. The number of benzene rings is 1. The number of ether oxygens (including phenoxy) is 1. The van der Waals surface area contributed by atoms with Crippen molar-refractivity contribution in [2.45, 2.75) is 45.8 Å². The molecule has 0 spiro atoms. The molecule has 0 amide bonds. The summed E-state index contributed by atoms with van der Waals surface area (Å²) in [4.78, 5) is 6.73. The van der Waals surface area contributed by atoms with Gasteiger partial charge in [-0.15, -0.1) is 0 Å². The van der Waals surface area contributed by atoms with E-state index < -0.39 is 6.61 Å².